The number of carbonyl (C=O) groups excluding carboxylic acids is 2. The summed E-state index contributed by atoms with van der Waals surface area (Å²) in [6.45, 7) is 7.82. The van der Waals surface area contributed by atoms with Crippen LogP contribution in [0.5, 0.6) is 0 Å². The van der Waals surface area contributed by atoms with Crippen molar-refractivity contribution >= 4 is 11.7 Å². The van der Waals surface area contributed by atoms with Gasteiger partial charge in [-0.3, -0.25) is 4.79 Å². The molecule has 0 aliphatic carbocycles. The highest BCUT2D eigenvalue weighted by molar-refractivity contribution is 5.79. The lowest BCUT2D eigenvalue weighted by molar-refractivity contribution is -0.123. The topological polar surface area (TPSA) is 46.2 Å². The molecule has 0 heterocycles. The molecule has 1 N–H and O–H groups in total. The average Bonchev–Trinajstić information content (AvgIpc) is 2.37. The molecule has 0 unspecified atom stereocenters. The van der Waals surface area contributed by atoms with Crippen molar-refractivity contribution in [1.29, 1.82) is 0 Å². The monoisotopic (exact) mass is 289 g/mol. The third-order valence-electron chi connectivity index (χ3n) is 3.53. The molecule has 0 radical (unpaired) electrons. The number of benzene rings is 1. The summed E-state index contributed by atoms with van der Waals surface area (Å²) in [7, 11) is 0. The first-order chi connectivity index (χ1) is 9.88. The maximum absolute atomic E-state index is 12.2. The van der Waals surface area contributed by atoms with Crippen LogP contribution in [0.15, 0.2) is 30.3 Å². The first-order valence-electron chi connectivity index (χ1n) is 7.72. The molecule has 1 amide bonds. The molecule has 1 aromatic carbocycles. The quantitative estimate of drug-likeness (QED) is 0.789. The zero-order valence-corrected chi connectivity index (χ0v) is 13.6. The second-order valence-corrected chi connectivity index (χ2v) is 6.31. The number of amides is 1. The van der Waals surface area contributed by atoms with Crippen molar-refractivity contribution < 1.29 is 9.59 Å². The molecule has 0 bridgehead atoms. The minimum Gasteiger partial charge on any atom is -0.350 e. The SMILES string of the molecule is CC(=O)C[C@H](CC(=O)N[C@@H](C)c1ccccc1)CC(C)C. The summed E-state index contributed by atoms with van der Waals surface area (Å²) in [5.74, 6) is 0.821. The molecule has 3 nitrogen and oxygen atoms in total. The van der Waals surface area contributed by atoms with Crippen LogP contribution in [-0.4, -0.2) is 11.7 Å². The molecular formula is C18H27NO2. The molecule has 0 aliphatic rings. The van der Waals surface area contributed by atoms with E-state index in [9.17, 15) is 9.59 Å². The Kier molecular flexibility index (Phi) is 7.13. The smallest absolute Gasteiger partial charge is 0.220 e. The van der Waals surface area contributed by atoms with Gasteiger partial charge in [-0.1, -0.05) is 44.2 Å². The fourth-order valence-corrected chi connectivity index (χ4v) is 2.70. The maximum atomic E-state index is 12.2. The van der Waals surface area contributed by atoms with E-state index in [1.54, 1.807) is 6.92 Å². The van der Waals surface area contributed by atoms with Gasteiger partial charge in [-0.05, 0) is 37.7 Å². The van der Waals surface area contributed by atoms with Crippen molar-refractivity contribution in [2.75, 3.05) is 0 Å². The van der Waals surface area contributed by atoms with E-state index in [0.717, 1.165) is 12.0 Å². The van der Waals surface area contributed by atoms with Crippen LogP contribution >= 0.6 is 0 Å². The maximum Gasteiger partial charge on any atom is 0.220 e. The van der Waals surface area contributed by atoms with E-state index in [0.29, 0.717) is 18.8 Å². The van der Waals surface area contributed by atoms with Crippen molar-refractivity contribution in [3.63, 3.8) is 0 Å². The van der Waals surface area contributed by atoms with Gasteiger partial charge in [-0.2, -0.15) is 0 Å². The van der Waals surface area contributed by atoms with Gasteiger partial charge in [-0.15, -0.1) is 0 Å². The van der Waals surface area contributed by atoms with Crippen LogP contribution in [0.2, 0.25) is 0 Å². The van der Waals surface area contributed by atoms with Crippen LogP contribution in [0.25, 0.3) is 0 Å². The molecule has 1 rings (SSSR count). The van der Waals surface area contributed by atoms with Crippen molar-refractivity contribution in [1.82, 2.24) is 5.32 Å². The van der Waals surface area contributed by atoms with E-state index in [1.165, 1.54) is 0 Å². The minimum absolute atomic E-state index is 0.00396. The highest BCUT2D eigenvalue weighted by Crippen LogP contribution is 2.20. The second-order valence-electron chi connectivity index (χ2n) is 6.31. The summed E-state index contributed by atoms with van der Waals surface area (Å²) in [5, 5.41) is 3.02. The van der Waals surface area contributed by atoms with E-state index in [1.807, 2.05) is 37.3 Å². The third kappa shape index (κ3) is 7.07. The summed E-state index contributed by atoms with van der Waals surface area (Å²) in [4.78, 5) is 23.5. The molecule has 0 aromatic heterocycles. The predicted molar refractivity (Wildman–Crippen MR) is 85.9 cm³/mol. The Morgan fingerprint density at radius 2 is 1.67 bits per heavy atom. The van der Waals surface area contributed by atoms with E-state index < -0.39 is 0 Å². The molecule has 3 heteroatoms. The lowest BCUT2D eigenvalue weighted by Crippen LogP contribution is -2.29. The Hall–Kier alpha value is -1.64. The molecule has 21 heavy (non-hydrogen) atoms. The van der Waals surface area contributed by atoms with E-state index >= 15 is 0 Å². The lowest BCUT2D eigenvalue weighted by Gasteiger charge is -2.19. The van der Waals surface area contributed by atoms with Crippen LogP contribution in [0.1, 0.15) is 58.6 Å². The number of nitrogens with one attached hydrogen (secondary N) is 1. The summed E-state index contributed by atoms with van der Waals surface area (Å²) in [5.41, 5.74) is 1.10. The van der Waals surface area contributed by atoms with Crippen LogP contribution in [0.4, 0.5) is 0 Å². The normalized spacial score (nSPS) is 13.8. The predicted octanol–water partition coefficient (Wildman–Crippen LogP) is 3.90. The van der Waals surface area contributed by atoms with Gasteiger partial charge < -0.3 is 10.1 Å². The standard InChI is InChI=1S/C18H27NO2/c1-13(2)10-16(11-14(3)20)12-18(21)19-15(4)17-8-6-5-7-9-17/h5-9,13,15-16H,10-12H2,1-4H3,(H,19,21)/t15-,16+/m0/s1. The van der Waals surface area contributed by atoms with Crippen LogP contribution < -0.4 is 5.32 Å². The van der Waals surface area contributed by atoms with Gasteiger partial charge in [0.1, 0.15) is 5.78 Å². The van der Waals surface area contributed by atoms with Crippen LogP contribution in [0.3, 0.4) is 0 Å². The molecule has 2 atom stereocenters. The number of hydrogen-bond acceptors (Lipinski definition) is 2. The fraction of sp³-hybridized carbons (Fsp3) is 0.556. The summed E-state index contributed by atoms with van der Waals surface area (Å²) < 4.78 is 0. The van der Waals surface area contributed by atoms with E-state index in [2.05, 4.69) is 19.2 Å². The molecule has 0 aliphatic heterocycles. The first-order valence-corrected chi connectivity index (χ1v) is 7.72. The average molecular weight is 289 g/mol. The number of ketones is 1. The van der Waals surface area contributed by atoms with Gasteiger partial charge >= 0.3 is 0 Å². The van der Waals surface area contributed by atoms with Gasteiger partial charge in [0.15, 0.2) is 0 Å². The largest absolute Gasteiger partial charge is 0.350 e. The van der Waals surface area contributed by atoms with Crippen molar-refractivity contribution in [2.24, 2.45) is 11.8 Å². The Bertz CT molecular complexity index is 454. The summed E-state index contributed by atoms with van der Waals surface area (Å²) in [6, 6.07) is 9.91. The Morgan fingerprint density at radius 1 is 1.05 bits per heavy atom. The van der Waals surface area contributed by atoms with Crippen molar-refractivity contribution in [3.05, 3.63) is 35.9 Å². The number of carbonyl (C=O) groups is 2. The zero-order chi connectivity index (χ0) is 15.8. The zero-order valence-electron chi connectivity index (χ0n) is 13.6. The Balaban J connectivity index is 2.55. The molecular weight excluding hydrogens is 262 g/mol. The molecule has 0 fully saturated rings. The summed E-state index contributed by atoms with van der Waals surface area (Å²) >= 11 is 0. The van der Waals surface area contributed by atoms with Crippen molar-refractivity contribution in [3.8, 4) is 0 Å². The van der Waals surface area contributed by atoms with Gasteiger partial charge in [0, 0.05) is 12.8 Å². The van der Waals surface area contributed by atoms with Crippen LogP contribution in [0, 0.1) is 11.8 Å². The van der Waals surface area contributed by atoms with Crippen molar-refractivity contribution in [2.45, 2.75) is 53.0 Å². The van der Waals surface area contributed by atoms with Gasteiger partial charge in [0.05, 0.1) is 6.04 Å². The highest BCUT2D eigenvalue weighted by Gasteiger charge is 2.18. The number of rotatable bonds is 8. The summed E-state index contributed by atoms with van der Waals surface area (Å²) in [6.07, 6.45) is 1.83. The number of Topliss-reactive ketones (excluding diaryl/α,β-unsaturated/α-hetero) is 1. The van der Waals surface area contributed by atoms with Gasteiger partial charge in [0.25, 0.3) is 0 Å². The molecule has 0 saturated carbocycles. The van der Waals surface area contributed by atoms with E-state index in [-0.39, 0.29) is 23.7 Å². The third-order valence-corrected chi connectivity index (χ3v) is 3.53. The molecule has 116 valence electrons. The molecule has 0 saturated heterocycles. The first kappa shape index (κ1) is 17.4. The molecule has 0 spiro atoms. The Morgan fingerprint density at radius 3 is 2.19 bits per heavy atom. The minimum atomic E-state index is -0.00396. The highest BCUT2D eigenvalue weighted by atomic mass is 16.1. The molecule has 1 aromatic rings. The fourth-order valence-electron chi connectivity index (χ4n) is 2.70. The second kappa shape index (κ2) is 8.60. The lowest BCUT2D eigenvalue weighted by atomic mass is 9.89. The van der Waals surface area contributed by atoms with Crippen LogP contribution in [-0.2, 0) is 9.59 Å². The Labute approximate surface area is 128 Å². The van der Waals surface area contributed by atoms with Gasteiger partial charge in [-0.25, -0.2) is 0 Å². The number of hydrogen-bond donors (Lipinski definition) is 1. The van der Waals surface area contributed by atoms with Gasteiger partial charge in [0.2, 0.25) is 5.91 Å². The van der Waals surface area contributed by atoms with E-state index in [4.69, 9.17) is 0 Å².